The lowest BCUT2D eigenvalue weighted by atomic mass is 9.89. The highest BCUT2D eigenvalue weighted by Crippen LogP contribution is 2.24. The Morgan fingerprint density at radius 1 is 1.24 bits per heavy atom. The molecule has 0 saturated carbocycles. The number of piperidine rings is 1. The van der Waals surface area contributed by atoms with Crippen LogP contribution in [0.4, 0.5) is 0 Å². The molecule has 2 rings (SSSR count). The van der Waals surface area contributed by atoms with Crippen molar-refractivity contribution < 1.29 is 9.53 Å². The number of hydrogen-bond donors (Lipinski definition) is 1. The number of amides is 1. The largest absolute Gasteiger partial charge is 0.494 e. The van der Waals surface area contributed by atoms with Crippen LogP contribution < -0.4 is 10.5 Å². The second kappa shape index (κ2) is 10.7. The zero-order valence-corrected chi connectivity index (χ0v) is 16.6. The fourth-order valence-corrected chi connectivity index (χ4v) is 3.24. The summed E-state index contributed by atoms with van der Waals surface area (Å²) in [7, 11) is 0. The molecule has 1 aromatic carbocycles. The van der Waals surface area contributed by atoms with Crippen molar-refractivity contribution in [2.75, 3.05) is 19.7 Å². The van der Waals surface area contributed by atoms with Crippen LogP contribution in [0.2, 0.25) is 0 Å². The molecule has 0 radical (unpaired) electrons. The van der Waals surface area contributed by atoms with Gasteiger partial charge < -0.3 is 15.4 Å². The van der Waals surface area contributed by atoms with Gasteiger partial charge in [-0.3, -0.25) is 4.79 Å². The number of benzene rings is 1. The molecule has 25 heavy (non-hydrogen) atoms. The van der Waals surface area contributed by atoms with E-state index in [-0.39, 0.29) is 30.3 Å². The summed E-state index contributed by atoms with van der Waals surface area (Å²) in [5, 5.41) is 0. The molecule has 1 heterocycles. The Balaban J connectivity index is 0.00000312. The Morgan fingerprint density at radius 2 is 1.84 bits per heavy atom. The van der Waals surface area contributed by atoms with E-state index in [9.17, 15) is 4.79 Å². The maximum atomic E-state index is 12.3. The third-order valence-corrected chi connectivity index (χ3v) is 5.18. The summed E-state index contributed by atoms with van der Waals surface area (Å²) in [6, 6.07) is 8.35. The van der Waals surface area contributed by atoms with E-state index in [2.05, 4.69) is 24.3 Å². The first-order valence-corrected chi connectivity index (χ1v) is 9.27. The minimum absolute atomic E-state index is 0. The molecule has 1 amide bonds. The molecule has 0 spiro atoms. The van der Waals surface area contributed by atoms with Crippen LogP contribution in [-0.4, -0.2) is 36.5 Å². The van der Waals surface area contributed by atoms with Crippen LogP contribution in [0.15, 0.2) is 24.3 Å². The Kier molecular flexibility index (Phi) is 9.30. The van der Waals surface area contributed by atoms with Crippen molar-refractivity contribution in [3.8, 4) is 5.75 Å². The van der Waals surface area contributed by atoms with Gasteiger partial charge >= 0.3 is 0 Å². The molecule has 1 saturated heterocycles. The Labute approximate surface area is 158 Å². The van der Waals surface area contributed by atoms with Crippen molar-refractivity contribution in [2.24, 2.45) is 17.6 Å². The lowest BCUT2D eigenvalue weighted by molar-refractivity contribution is -0.136. The third-order valence-electron chi connectivity index (χ3n) is 5.18. The molecule has 2 N–H and O–H groups in total. The second-order valence-corrected chi connectivity index (χ2v) is 7.03. The molecule has 0 aromatic heterocycles. The van der Waals surface area contributed by atoms with Crippen LogP contribution in [-0.2, 0) is 11.2 Å². The van der Waals surface area contributed by atoms with Gasteiger partial charge in [-0.15, -0.1) is 12.4 Å². The number of rotatable bonds is 7. The van der Waals surface area contributed by atoms with E-state index >= 15 is 0 Å². The fraction of sp³-hybridized carbons (Fsp3) is 0.650. The summed E-state index contributed by atoms with van der Waals surface area (Å²) in [6.45, 7) is 8.31. The predicted molar refractivity (Wildman–Crippen MR) is 105 cm³/mol. The minimum atomic E-state index is -0.0783. The number of halogens is 1. The molecule has 1 aromatic rings. The fourth-order valence-electron chi connectivity index (χ4n) is 3.24. The summed E-state index contributed by atoms with van der Waals surface area (Å²) in [4.78, 5) is 14.3. The topological polar surface area (TPSA) is 55.6 Å². The number of aryl methyl sites for hydroxylation is 1. The molecule has 2 unspecified atom stereocenters. The first kappa shape index (κ1) is 21.8. The Bertz CT molecular complexity index is 511. The molecular formula is C20H33ClN2O2. The van der Waals surface area contributed by atoms with Gasteiger partial charge in [0.1, 0.15) is 5.75 Å². The molecule has 1 aliphatic heterocycles. The summed E-state index contributed by atoms with van der Waals surface area (Å²) < 4.78 is 5.48. The molecule has 1 fully saturated rings. The Hall–Kier alpha value is -1.26. The standard InChI is InChI=1S/C20H32N2O2.ClH/c1-4-24-19-9-7-17(8-10-19)5-6-18-11-13-22(14-12-18)20(23)15(2)16(3)21;/h7-10,15-16,18H,4-6,11-14,21H2,1-3H3;1H. The predicted octanol–water partition coefficient (Wildman–Crippen LogP) is 3.66. The van der Waals surface area contributed by atoms with Gasteiger partial charge in [-0.2, -0.15) is 0 Å². The van der Waals surface area contributed by atoms with Gasteiger partial charge in [0.2, 0.25) is 5.91 Å². The molecule has 142 valence electrons. The summed E-state index contributed by atoms with van der Waals surface area (Å²) in [5.74, 6) is 1.79. The summed E-state index contributed by atoms with van der Waals surface area (Å²) in [5.41, 5.74) is 7.22. The van der Waals surface area contributed by atoms with Gasteiger partial charge in [-0.05, 0) is 63.1 Å². The Morgan fingerprint density at radius 3 is 2.36 bits per heavy atom. The van der Waals surface area contributed by atoms with Crippen molar-refractivity contribution >= 4 is 18.3 Å². The number of nitrogens with two attached hydrogens (primary N) is 1. The van der Waals surface area contributed by atoms with Gasteiger partial charge in [0.15, 0.2) is 0 Å². The van der Waals surface area contributed by atoms with Gasteiger partial charge in [0.25, 0.3) is 0 Å². The summed E-state index contributed by atoms with van der Waals surface area (Å²) in [6.07, 6.45) is 4.50. The van der Waals surface area contributed by atoms with Crippen molar-refractivity contribution in [3.63, 3.8) is 0 Å². The zero-order chi connectivity index (χ0) is 17.5. The molecule has 1 aliphatic rings. The third kappa shape index (κ3) is 6.52. The smallest absolute Gasteiger partial charge is 0.226 e. The minimum Gasteiger partial charge on any atom is -0.494 e. The molecule has 4 nitrogen and oxygen atoms in total. The lowest BCUT2D eigenvalue weighted by Crippen LogP contribution is -2.45. The van der Waals surface area contributed by atoms with E-state index in [4.69, 9.17) is 10.5 Å². The van der Waals surface area contributed by atoms with E-state index in [0.717, 1.165) is 38.1 Å². The van der Waals surface area contributed by atoms with Crippen LogP contribution in [0.1, 0.15) is 45.6 Å². The lowest BCUT2D eigenvalue weighted by Gasteiger charge is -2.34. The van der Waals surface area contributed by atoms with Crippen LogP contribution in [0.25, 0.3) is 0 Å². The van der Waals surface area contributed by atoms with E-state index in [1.54, 1.807) is 0 Å². The highest BCUT2D eigenvalue weighted by atomic mass is 35.5. The molecular weight excluding hydrogens is 336 g/mol. The monoisotopic (exact) mass is 368 g/mol. The van der Waals surface area contributed by atoms with E-state index < -0.39 is 0 Å². The van der Waals surface area contributed by atoms with Crippen molar-refractivity contribution in [1.29, 1.82) is 0 Å². The highest BCUT2D eigenvalue weighted by Gasteiger charge is 2.27. The SMILES string of the molecule is CCOc1ccc(CCC2CCN(C(=O)C(C)C(C)N)CC2)cc1.Cl. The first-order valence-electron chi connectivity index (χ1n) is 9.27. The van der Waals surface area contributed by atoms with Gasteiger partial charge in [-0.25, -0.2) is 0 Å². The molecule has 5 heteroatoms. The maximum absolute atomic E-state index is 12.3. The van der Waals surface area contributed by atoms with Crippen molar-refractivity contribution in [3.05, 3.63) is 29.8 Å². The number of carbonyl (C=O) groups is 1. The number of nitrogens with zero attached hydrogens (tertiary/aromatic N) is 1. The maximum Gasteiger partial charge on any atom is 0.226 e. The van der Waals surface area contributed by atoms with Gasteiger partial charge in [0.05, 0.1) is 12.5 Å². The van der Waals surface area contributed by atoms with Crippen LogP contribution in [0, 0.1) is 11.8 Å². The number of carbonyl (C=O) groups excluding carboxylic acids is 1. The van der Waals surface area contributed by atoms with E-state index in [1.807, 2.05) is 25.7 Å². The van der Waals surface area contributed by atoms with Crippen molar-refractivity contribution in [2.45, 2.75) is 52.5 Å². The van der Waals surface area contributed by atoms with Gasteiger partial charge in [0, 0.05) is 19.1 Å². The number of likely N-dealkylation sites (tertiary alicyclic amines) is 1. The quantitative estimate of drug-likeness (QED) is 0.799. The first-order chi connectivity index (χ1) is 11.5. The zero-order valence-electron chi connectivity index (χ0n) is 15.7. The molecule has 0 bridgehead atoms. The molecule has 0 aliphatic carbocycles. The average Bonchev–Trinajstić information content (AvgIpc) is 2.60. The highest BCUT2D eigenvalue weighted by molar-refractivity contribution is 5.85. The van der Waals surface area contributed by atoms with Crippen molar-refractivity contribution in [1.82, 2.24) is 4.90 Å². The molecule has 2 atom stereocenters. The number of hydrogen-bond acceptors (Lipinski definition) is 3. The van der Waals surface area contributed by atoms with Crippen LogP contribution >= 0.6 is 12.4 Å². The van der Waals surface area contributed by atoms with E-state index in [0.29, 0.717) is 12.5 Å². The summed E-state index contributed by atoms with van der Waals surface area (Å²) >= 11 is 0. The van der Waals surface area contributed by atoms with E-state index in [1.165, 1.54) is 12.0 Å². The number of ether oxygens (including phenoxy) is 1. The van der Waals surface area contributed by atoms with Gasteiger partial charge in [-0.1, -0.05) is 19.1 Å². The van der Waals surface area contributed by atoms with Crippen LogP contribution in [0.5, 0.6) is 5.75 Å². The normalized spacial score (nSPS) is 17.5. The second-order valence-electron chi connectivity index (χ2n) is 7.03. The average molecular weight is 369 g/mol. The van der Waals surface area contributed by atoms with Crippen LogP contribution in [0.3, 0.4) is 0 Å².